The summed E-state index contributed by atoms with van der Waals surface area (Å²) < 4.78 is 5.04. The van der Waals surface area contributed by atoms with Gasteiger partial charge in [0, 0.05) is 0 Å². The van der Waals surface area contributed by atoms with Gasteiger partial charge in [-0.05, 0) is 39.5 Å². The van der Waals surface area contributed by atoms with Crippen LogP contribution in [0, 0.1) is 11.8 Å². The Labute approximate surface area is 83.2 Å². The van der Waals surface area contributed by atoms with Crippen molar-refractivity contribution in [3.8, 4) is 0 Å². The Balaban J connectivity index is 2.60. The Morgan fingerprint density at radius 2 is 1.86 bits per heavy atom. The molecule has 0 aromatic heterocycles. The van der Waals surface area contributed by atoms with E-state index >= 15 is 0 Å². The van der Waals surface area contributed by atoms with Gasteiger partial charge in [-0.3, -0.25) is 9.59 Å². The van der Waals surface area contributed by atoms with Crippen LogP contribution in [-0.2, 0) is 14.3 Å². The maximum atomic E-state index is 11.5. The monoisotopic (exact) mass is 200 g/mol. The highest BCUT2D eigenvalue weighted by Gasteiger charge is 2.43. The molecular weight excluding hydrogens is 184 g/mol. The number of aliphatic carboxylic acids is 1. The van der Waals surface area contributed by atoms with Crippen LogP contribution in [0.4, 0.5) is 0 Å². The predicted molar refractivity (Wildman–Crippen MR) is 49.7 cm³/mol. The van der Waals surface area contributed by atoms with E-state index in [1.54, 1.807) is 20.8 Å². The maximum Gasteiger partial charge on any atom is 0.321 e. The first-order chi connectivity index (χ1) is 6.31. The number of carboxylic acid groups (broad SMARTS) is 1. The van der Waals surface area contributed by atoms with E-state index in [1.165, 1.54) is 0 Å². The lowest BCUT2D eigenvalue weighted by Gasteiger charge is -2.22. The Bertz CT molecular complexity index is 247. The second kappa shape index (κ2) is 3.59. The zero-order chi connectivity index (χ0) is 10.9. The first-order valence-electron chi connectivity index (χ1n) is 4.77. The van der Waals surface area contributed by atoms with Crippen molar-refractivity contribution in [2.24, 2.45) is 11.8 Å². The molecule has 0 heterocycles. The fourth-order valence-electron chi connectivity index (χ4n) is 1.29. The third-order valence-electron chi connectivity index (χ3n) is 2.02. The molecule has 14 heavy (non-hydrogen) atoms. The molecule has 0 spiro atoms. The number of hydrogen-bond acceptors (Lipinski definition) is 3. The molecule has 4 nitrogen and oxygen atoms in total. The number of esters is 1. The van der Waals surface area contributed by atoms with Gasteiger partial charge in [-0.15, -0.1) is 0 Å². The summed E-state index contributed by atoms with van der Waals surface area (Å²) in [4.78, 5) is 22.3. The molecule has 0 saturated heterocycles. The van der Waals surface area contributed by atoms with Crippen molar-refractivity contribution in [3.63, 3.8) is 0 Å². The minimum absolute atomic E-state index is 0.0117. The zero-order valence-corrected chi connectivity index (χ0v) is 8.74. The fourth-order valence-corrected chi connectivity index (χ4v) is 1.29. The normalized spacial score (nSPS) is 18.8. The Morgan fingerprint density at radius 1 is 1.36 bits per heavy atom. The van der Waals surface area contributed by atoms with Gasteiger partial charge in [0.2, 0.25) is 0 Å². The SMILES string of the molecule is CC(C)(C)OC(=O)[C@H](C(=O)O)C1CC1. The summed E-state index contributed by atoms with van der Waals surface area (Å²) in [6.45, 7) is 5.20. The fraction of sp³-hybridized carbons (Fsp3) is 0.800. The summed E-state index contributed by atoms with van der Waals surface area (Å²) in [5.41, 5.74) is -0.611. The highest BCUT2D eigenvalue weighted by Crippen LogP contribution is 2.38. The second-order valence-electron chi connectivity index (χ2n) is 4.69. The van der Waals surface area contributed by atoms with Crippen molar-refractivity contribution < 1.29 is 19.4 Å². The summed E-state index contributed by atoms with van der Waals surface area (Å²) in [5, 5.41) is 8.85. The first-order valence-corrected chi connectivity index (χ1v) is 4.77. The molecule has 1 saturated carbocycles. The number of ether oxygens (including phenoxy) is 1. The molecule has 1 rings (SSSR count). The summed E-state index contributed by atoms with van der Waals surface area (Å²) >= 11 is 0. The van der Waals surface area contributed by atoms with Crippen LogP contribution in [0.2, 0.25) is 0 Å². The molecule has 0 radical (unpaired) electrons. The predicted octanol–water partition coefficient (Wildman–Crippen LogP) is 1.44. The third kappa shape index (κ3) is 3.01. The molecule has 0 aromatic rings. The standard InChI is InChI=1S/C10H16O4/c1-10(2,3)14-9(13)7(8(11)12)6-4-5-6/h6-7H,4-5H2,1-3H3,(H,11,12)/t7-/m0/s1. The van der Waals surface area contributed by atoms with Crippen LogP contribution < -0.4 is 0 Å². The van der Waals surface area contributed by atoms with Gasteiger partial charge in [-0.1, -0.05) is 0 Å². The van der Waals surface area contributed by atoms with E-state index < -0.39 is 23.5 Å². The molecule has 1 N–H and O–H groups in total. The largest absolute Gasteiger partial charge is 0.481 e. The van der Waals surface area contributed by atoms with Crippen LogP contribution in [-0.4, -0.2) is 22.6 Å². The van der Waals surface area contributed by atoms with Crippen LogP contribution in [0.15, 0.2) is 0 Å². The van der Waals surface area contributed by atoms with Gasteiger partial charge in [-0.25, -0.2) is 0 Å². The van der Waals surface area contributed by atoms with Gasteiger partial charge in [0.15, 0.2) is 5.92 Å². The van der Waals surface area contributed by atoms with E-state index in [9.17, 15) is 9.59 Å². The molecule has 1 atom stereocenters. The quantitative estimate of drug-likeness (QED) is 0.553. The molecule has 0 amide bonds. The van der Waals surface area contributed by atoms with Crippen molar-refractivity contribution in [1.82, 2.24) is 0 Å². The summed E-state index contributed by atoms with van der Waals surface area (Å²) in [5.74, 6) is -2.65. The van der Waals surface area contributed by atoms with E-state index in [4.69, 9.17) is 9.84 Å². The minimum atomic E-state index is -1.07. The summed E-state index contributed by atoms with van der Waals surface area (Å²) in [6, 6.07) is 0. The number of carbonyl (C=O) groups is 2. The van der Waals surface area contributed by atoms with E-state index in [-0.39, 0.29) is 5.92 Å². The molecule has 0 aromatic carbocycles. The lowest BCUT2D eigenvalue weighted by Crippen LogP contribution is -2.33. The molecule has 1 aliphatic carbocycles. The zero-order valence-electron chi connectivity index (χ0n) is 8.74. The molecule has 1 aliphatic rings. The Kier molecular flexibility index (Phi) is 2.83. The summed E-state index contributed by atoms with van der Waals surface area (Å²) in [7, 11) is 0. The number of carbonyl (C=O) groups excluding carboxylic acids is 1. The van der Waals surface area contributed by atoms with Crippen LogP contribution in [0.25, 0.3) is 0 Å². The average Bonchev–Trinajstić information content (AvgIpc) is 2.65. The van der Waals surface area contributed by atoms with Gasteiger partial charge in [0.05, 0.1) is 0 Å². The Hall–Kier alpha value is -1.06. The van der Waals surface area contributed by atoms with E-state index in [1.807, 2.05) is 0 Å². The van der Waals surface area contributed by atoms with E-state index in [2.05, 4.69) is 0 Å². The molecule has 0 aliphatic heterocycles. The van der Waals surface area contributed by atoms with Gasteiger partial charge >= 0.3 is 11.9 Å². The molecule has 4 heteroatoms. The van der Waals surface area contributed by atoms with Crippen molar-refractivity contribution in [2.75, 3.05) is 0 Å². The molecule has 0 bridgehead atoms. The van der Waals surface area contributed by atoms with Crippen LogP contribution >= 0.6 is 0 Å². The number of carboxylic acids is 1. The Morgan fingerprint density at radius 3 is 2.14 bits per heavy atom. The topological polar surface area (TPSA) is 63.6 Å². The molecule has 1 fully saturated rings. The van der Waals surface area contributed by atoms with Crippen molar-refractivity contribution >= 4 is 11.9 Å². The number of rotatable bonds is 3. The van der Waals surface area contributed by atoms with Crippen molar-refractivity contribution in [1.29, 1.82) is 0 Å². The van der Waals surface area contributed by atoms with Crippen LogP contribution in [0.1, 0.15) is 33.6 Å². The van der Waals surface area contributed by atoms with Crippen LogP contribution in [0.3, 0.4) is 0 Å². The van der Waals surface area contributed by atoms with Crippen LogP contribution in [0.5, 0.6) is 0 Å². The number of hydrogen-bond donors (Lipinski definition) is 1. The van der Waals surface area contributed by atoms with Gasteiger partial charge in [0.25, 0.3) is 0 Å². The van der Waals surface area contributed by atoms with E-state index in [0.29, 0.717) is 0 Å². The first kappa shape index (κ1) is 11.0. The van der Waals surface area contributed by atoms with E-state index in [0.717, 1.165) is 12.8 Å². The van der Waals surface area contributed by atoms with Gasteiger partial charge in [-0.2, -0.15) is 0 Å². The highest BCUT2D eigenvalue weighted by atomic mass is 16.6. The highest BCUT2D eigenvalue weighted by molar-refractivity contribution is 5.94. The smallest absolute Gasteiger partial charge is 0.321 e. The van der Waals surface area contributed by atoms with Gasteiger partial charge in [0.1, 0.15) is 5.60 Å². The van der Waals surface area contributed by atoms with Crippen molar-refractivity contribution in [2.45, 2.75) is 39.2 Å². The average molecular weight is 200 g/mol. The lowest BCUT2D eigenvalue weighted by molar-refractivity contribution is -0.167. The lowest BCUT2D eigenvalue weighted by atomic mass is 10.0. The minimum Gasteiger partial charge on any atom is -0.481 e. The second-order valence-corrected chi connectivity index (χ2v) is 4.69. The van der Waals surface area contributed by atoms with Crippen molar-refractivity contribution in [3.05, 3.63) is 0 Å². The summed E-state index contributed by atoms with van der Waals surface area (Å²) in [6.07, 6.45) is 1.63. The maximum absolute atomic E-state index is 11.5. The molecule has 80 valence electrons. The molecule has 0 unspecified atom stereocenters. The molecular formula is C10H16O4. The third-order valence-corrected chi connectivity index (χ3v) is 2.02. The van der Waals surface area contributed by atoms with Gasteiger partial charge < -0.3 is 9.84 Å².